The van der Waals surface area contributed by atoms with Gasteiger partial charge in [-0.05, 0) is 37.3 Å². The number of aromatic nitrogens is 2. The number of rotatable bonds is 6. The maximum atomic E-state index is 13.4. The van der Waals surface area contributed by atoms with Gasteiger partial charge in [-0.25, -0.2) is 4.85 Å². The molecule has 1 fully saturated rings. The van der Waals surface area contributed by atoms with Crippen molar-refractivity contribution in [3.8, 4) is 23.0 Å². The third-order valence-electron chi connectivity index (χ3n) is 6.03. The van der Waals surface area contributed by atoms with Crippen molar-refractivity contribution >= 4 is 11.6 Å². The minimum absolute atomic E-state index is 0.145. The van der Waals surface area contributed by atoms with Gasteiger partial charge in [-0.15, -0.1) is 10.2 Å². The van der Waals surface area contributed by atoms with E-state index in [4.69, 9.17) is 20.5 Å². The lowest BCUT2D eigenvalue weighted by atomic mass is 9.89. The van der Waals surface area contributed by atoms with E-state index >= 15 is 0 Å². The summed E-state index contributed by atoms with van der Waals surface area (Å²) in [7, 11) is 1.54. The number of hydrogen-bond donors (Lipinski definition) is 0. The fourth-order valence-corrected chi connectivity index (χ4v) is 4.08. The van der Waals surface area contributed by atoms with Gasteiger partial charge in [-0.1, -0.05) is 26.0 Å². The van der Waals surface area contributed by atoms with Crippen LogP contribution in [0.25, 0.3) is 16.3 Å². The van der Waals surface area contributed by atoms with Gasteiger partial charge in [0.25, 0.3) is 5.91 Å². The summed E-state index contributed by atoms with van der Waals surface area (Å²) in [5, 5.41) is 8.18. The quantitative estimate of drug-likeness (QED) is 0.405. The molecule has 1 aliphatic rings. The Labute approximate surface area is 205 Å². The average Bonchev–Trinajstić information content (AvgIpc) is 3.42. The number of methoxy groups -OCH3 is 1. The Bertz CT molecular complexity index is 1330. The summed E-state index contributed by atoms with van der Waals surface area (Å²) in [5.41, 5.74) is -1.74. The molecule has 0 spiro atoms. The highest BCUT2D eigenvalue weighted by Crippen LogP contribution is 2.42. The first-order valence-corrected chi connectivity index (χ1v) is 11.0. The van der Waals surface area contributed by atoms with E-state index < -0.39 is 40.9 Å². The molecule has 2 aromatic carbocycles. The summed E-state index contributed by atoms with van der Waals surface area (Å²) < 4.78 is 56.9. The van der Waals surface area contributed by atoms with Crippen molar-refractivity contribution < 1.29 is 31.9 Å². The highest BCUT2D eigenvalue weighted by atomic mass is 19.4. The third kappa shape index (κ3) is 4.71. The molecule has 0 bridgehead atoms. The van der Waals surface area contributed by atoms with Gasteiger partial charge in [-0.2, -0.15) is 13.2 Å². The number of hydrogen-bond acceptors (Lipinski definition) is 6. The van der Waals surface area contributed by atoms with Gasteiger partial charge in [0.05, 0.1) is 19.2 Å². The summed E-state index contributed by atoms with van der Waals surface area (Å²) in [4.78, 5) is 17.8. The molecule has 0 N–H and O–H groups in total. The van der Waals surface area contributed by atoms with E-state index in [0.717, 1.165) is 12.1 Å². The van der Waals surface area contributed by atoms with Crippen LogP contribution in [0.4, 0.5) is 18.9 Å². The van der Waals surface area contributed by atoms with E-state index in [1.165, 1.54) is 11.0 Å². The van der Waals surface area contributed by atoms with E-state index in [9.17, 15) is 18.0 Å². The molecule has 4 rings (SSSR count). The van der Waals surface area contributed by atoms with E-state index in [0.29, 0.717) is 11.3 Å². The van der Waals surface area contributed by atoms with Crippen molar-refractivity contribution in [3.63, 3.8) is 0 Å². The molecule has 2 heterocycles. The SMILES string of the molecule is [C-]#[N+]c1ccc(OC2C(=O)N(C(C)c3nnc(-c4cccc(OC)c4)o3)CC2(C)C)cc1C(F)(F)F. The van der Waals surface area contributed by atoms with Crippen LogP contribution in [0.15, 0.2) is 46.9 Å². The number of carbonyl (C=O) groups is 1. The lowest BCUT2D eigenvalue weighted by Crippen LogP contribution is -2.37. The van der Waals surface area contributed by atoms with Crippen molar-refractivity contribution in [1.82, 2.24) is 15.1 Å². The predicted molar refractivity (Wildman–Crippen MR) is 122 cm³/mol. The molecule has 0 radical (unpaired) electrons. The molecule has 3 aromatic rings. The second-order valence-electron chi connectivity index (χ2n) is 9.09. The van der Waals surface area contributed by atoms with E-state index in [-0.39, 0.29) is 24.1 Å². The standard InChI is InChI=1S/C25H23F3N4O4/c1-14(21-30-31-22(36-21)15-7-6-8-16(11-15)34-5)32-13-24(2,3)20(23(32)33)35-17-9-10-19(29-4)18(12-17)25(26,27)28/h6-12,14,20H,13H2,1-3,5H3. The minimum Gasteiger partial charge on any atom is -0.497 e. The van der Waals surface area contributed by atoms with Gasteiger partial charge >= 0.3 is 6.18 Å². The Balaban J connectivity index is 1.56. The zero-order chi connectivity index (χ0) is 26.3. The second-order valence-corrected chi connectivity index (χ2v) is 9.09. The molecular formula is C25H23F3N4O4. The van der Waals surface area contributed by atoms with Crippen LogP contribution in [0.5, 0.6) is 11.5 Å². The van der Waals surface area contributed by atoms with Crippen molar-refractivity contribution in [1.29, 1.82) is 0 Å². The molecule has 1 saturated heterocycles. The van der Waals surface area contributed by atoms with Gasteiger partial charge in [-0.3, -0.25) is 4.79 Å². The number of halogens is 3. The highest BCUT2D eigenvalue weighted by molar-refractivity contribution is 5.85. The van der Waals surface area contributed by atoms with Crippen molar-refractivity contribution in [2.45, 2.75) is 39.1 Å². The zero-order valence-electron chi connectivity index (χ0n) is 20.0. The van der Waals surface area contributed by atoms with Gasteiger partial charge in [0.1, 0.15) is 17.5 Å². The number of ether oxygens (including phenoxy) is 2. The molecule has 8 nitrogen and oxygen atoms in total. The smallest absolute Gasteiger partial charge is 0.407 e. The van der Waals surface area contributed by atoms with Crippen LogP contribution >= 0.6 is 0 Å². The predicted octanol–water partition coefficient (Wildman–Crippen LogP) is 5.69. The molecule has 2 atom stereocenters. The van der Waals surface area contributed by atoms with Crippen LogP contribution < -0.4 is 9.47 Å². The van der Waals surface area contributed by atoms with Gasteiger partial charge in [0.2, 0.25) is 11.8 Å². The van der Waals surface area contributed by atoms with Crippen LogP contribution in [0, 0.1) is 12.0 Å². The molecule has 0 saturated carbocycles. The Hall–Kier alpha value is -4.07. The van der Waals surface area contributed by atoms with Crippen LogP contribution in [0.2, 0.25) is 0 Å². The second kappa shape index (κ2) is 9.18. The largest absolute Gasteiger partial charge is 0.497 e. The number of likely N-dealkylation sites (tertiary alicyclic amines) is 1. The van der Waals surface area contributed by atoms with Crippen LogP contribution in [0.1, 0.15) is 38.3 Å². The number of carbonyl (C=O) groups excluding carboxylic acids is 1. The monoisotopic (exact) mass is 500 g/mol. The van der Waals surface area contributed by atoms with Gasteiger partial charge < -0.3 is 18.8 Å². The number of benzene rings is 2. The van der Waals surface area contributed by atoms with E-state index in [1.54, 1.807) is 52.1 Å². The molecule has 36 heavy (non-hydrogen) atoms. The highest BCUT2D eigenvalue weighted by Gasteiger charge is 2.50. The molecule has 11 heteroatoms. The third-order valence-corrected chi connectivity index (χ3v) is 6.03. The number of nitrogens with zero attached hydrogens (tertiary/aromatic N) is 4. The molecule has 1 aromatic heterocycles. The van der Waals surface area contributed by atoms with Crippen LogP contribution in [0.3, 0.4) is 0 Å². The summed E-state index contributed by atoms with van der Waals surface area (Å²) in [6.45, 7) is 12.5. The summed E-state index contributed by atoms with van der Waals surface area (Å²) in [5.74, 6) is 0.521. The van der Waals surface area contributed by atoms with Crippen molar-refractivity contribution in [3.05, 3.63) is 65.3 Å². The lowest BCUT2D eigenvalue weighted by Gasteiger charge is -2.25. The Kier molecular flexibility index (Phi) is 6.39. The number of alkyl halides is 3. The summed E-state index contributed by atoms with van der Waals surface area (Å²) in [6, 6.07) is 9.53. The first-order valence-electron chi connectivity index (χ1n) is 11.0. The maximum absolute atomic E-state index is 13.4. The lowest BCUT2D eigenvalue weighted by molar-refractivity contribution is -0.137. The molecule has 1 aliphatic heterocycles. The molecule has 188 valence electrons. The Morgan fingerprint density at radius 2 is 1.94 bits per heavy atom. The molecular weight excluding hydrogens is 477 g/mol. The van der Waals surface area contributed by atoms with E-state index in [1.807, 2.05) is 0 Å². The molecule has 2 unspecified atom stereocenters. The minimum atomic E-state index is -4.73. The van der Waals surface area contributed by atoms with Gasteiger partial charge in [0, 0.05) is 17.5 Å². The van der Waals surface area contributed by atoms with Crippen molar-refractivity contribution in [2.24, 2.45) is 5.41 Å². The fraction of sp³-hybridized carbons (Fsp3) is 0.360. The van der Waals surface area contributed by atoms with Crippen LogP contribution in [-0.4, -0.2) is 40.8 Å². The first-order chi connectivity index (χ1) is 16.9. The van der Waals surface area contributed by atoms with Crippen LogP contribution in [-0.2, 0) is 11.0 Å². The Morgan fingerprint density at radius 1 is 1.19 bits per heavy atom. The van der Waals surface area contributed by atoms with Gasteiger partial charge in [0.15, 0.2) is 11.8 Å². The maximum Gasteiger partial charge on any atom is 0.407 e. The summed E-state index contributed by atoms with van der Waals surface area (Å²) >= 11 is 0. The fourth-order valence-electron chi connectivity index (χ4n) is 4.08. The Morgan fingerprint density at radius 3 is 2.61 bits per heavy atom. The van der Waals surface area contributed by atoms with Crippen molar-refractivity contribution in [2.75, 3.05) is 13.7 Å². The molecule has 0 aliphatic carbocycles. The first kappa shape index (κ1) is 25.0. The molecule has 1 amide bonds. The zero-order valence-corrected chi connectivity index (χ0v) is 20.0. The summed E-state index contributed by atoms with van der Waals surface area (Å²) in [6.07, 6.45) is -5.78. The topological polar surface area (TPSA) is 82.0 Å². The van der Waals surface area contributed by atoms with E-state index in [2.05, 4.69) is 15.0 Å². The normalized spacial score (nSPS) is 18.1. The number of amides is 1. The average molecular weight is 500 g/mol.